The molecule has 0 radical (unpaired) electrons. The molecule has 0 saturated heterocycles. The zero-order valence-electron chi connectivity index (χ0n) is 21.9. The van der Waals surface area contributed by atoms with E-state index in [1.54, 1.807) is 44.2 Å². The van der Waals surface area contributed by atoms with Crippen LogP contribution in [0, 0.1) is 0 Å². The van der Waals surface area contributed by atoms with Crippen LogP contribution in [0.15, 0.2) is 72.3 Å². The first kappa shape index (κ1) is 28.6. The third-order valence-corrected chi connectivity index (χ3v) is 5.47. The van der Waals surface area contributed by atoms with Crippen LogP contribution in [0.5, 0.6) is 34.5 Å². The zero-order valence-corrected chi connectivity index (χ0v) is 21.9. The maximum absolute atomic E-state index is 13.2. The van der Waals surface area contributed by atoms with Gasteiger partial charge in [-0.15, -0.1) is 0 Å². The van der Waals surface area contributed by atoms with Crippen molar-refractivity contribution in [3.05, 3.63) is 89.0 Å². The lowest BCUT2D eigenvalue weighted by molar-refractivity contribution is -0.116. The predicted molar refractivity (Wildman–Crippen MR) is 149 cm³/mol. The number of allylic oxidation sites excluding steroid dienone is 3. The number of ketones is 2. The minimum Gasteiger partial charge on any atom is -0.504 e. The van der Waals surface area contributed by atoms with Crippen LogP contribution < -0.4 is 14.2 Å². The summed E-state index contributed by atoms with van der Waals surface area (Å²) in [7, 11) is 1.40. The molecule has 0 heterocycles. The highest BCUT2D eigenvalue weighted by molar-refractivity contribution is 6.31. The molecule has 39 heavy (non-hydrogen) atoms. The average Bonchev–Trinajstić information content (AvgIpc) is 2.93. The van der Waals surface area contributed by atoms with Crippen LogP contribution in [0.25, 0.3) is 18.2 Å². The Morgan fingerprint density at radius 1 is 0.667 bits per heavy atom. The van der Waals surface area contributed by atoms with E-state index < -0.39 is 11.6 Å². The number of methoxy groups -OCH3 is 1. The van der Waals surface area contributed by atoms with Gasteiger partial charge in [-0.2, -0.15) is 0 Å². The Kier molecular flexibility index (Phi) is 9.92. The molecule has 0 unspecified atom stereocenters. The molecule has 3 N–H and O–H groups in total. The van der Waals surface area contributed by atoms with Gasteiger partial charge in [-0.3, -0.25) is 9.59 Å². The highest BCUT2D eigenvalue weighted by Gasteiger charge is 2.15. The summed E-state index contributed by atoms with van der Waals surface area (Å²) in [6.45, 7) is 4.29. The van der Waals surface area contributed by atoms with Crippen LogP contribution in [0.2, 0.25) is 0 Å². The van der Waals surface area contributed by atoms with Crippen molar-refractivity contribution in [1.29, 1.82) is 0 Å². The summed E-state index contributed by atoms with van der Waals surface area (Å²) in [5, 5.41) is 29.7. The summed E-state index contributed by atoms with van der Waals surface area (Å²) in [4.78, 5) is 26.5. The van der Waals surface area contributed by atoms with E-state index in [1.807, 2.05) is 0 Å². The van der Waals surface area contributed by atoms with Crippen LogP contribution >= 0.6 is 0 Å². The summed E-state index contributed by atoms with van der Waals surface area (Å²) >= 11 is 0. The number of phenolic OH excluding ortho intramolecular Hbond substituents is 3. The average molecular weight is 531 g/mol. The maximum atomic E-state index is 13.2. The van der Waals surface area contributed by atoms with E-state index in [0.29, 0.717) is 29.9 Å². The summed E-state index contributed by atoms with van der Waals surface area (Å²) in [6, 6.07) is 13.8. The fourth-order valence-electron chi connectivity index (χ4n) is 3.55. The summed E-state index contributed by atoms with van der Waals surface area (Å²) in [6.07, 6.45) is 6.95. The van der Waals surface area contributed by atoms with Gasteiger partial charge in [0.25, 0.3) is 0 Å². The number of ether oxygens (including phenoxy) is 3. The predicted octanol–water partition coefficient (Wildman–Crippen LogP) is 5.56. The Hall–Kier alpha value is -4.98. The van der Waals surface area contributed by atoms with Gasteiger partial charge in [-0.25, -0.2) is 0 Å². The lowest BCUT2D eigenvalue weighted by Gasteiger charge is -2.07. The van der Waals surface area contributed by atoms with Crippen molar-refractivity contribution in [2.24, 2.45) is 0 Å². The Balaban J connectivity index is 1.96. The molecule has 0 spiro atoms. The topological polar surface area (TPSA) is 123 Å². The van der Waals surface area contributed by atoms with Gasteiger partial charge in [0.05, 0.1) is 25.9 Å². The van der Waals surface area contributed by atoms with Crippen molar-refractivity contribution < 1.29 is 39.1 Å². The van der Waals surface area contributed by atoms with Crippen LogP contribution in [-0.2, 0) is 9.59 Å². The number of carbonyl (C=O) groups excluding carboxylic acids is 2. The highest BCUT2D eigenvalue weighted by Crippen LogP contribution is 2.30. The molecule has 0 aliphatic carbocycles. The number of hydrogen-bond acceptors (Lipinski definition) is 8. The molecule has 8 nitrogen and oxygen atoms in total. The van der Waals surface area contributed by atoms with Gasteiger partial charge in [0, 0.05) is 0 Å². The zero-order chi connectivity index (χ0) is 28.4. The molecular weight excluding hydrogens is 500 g/mol. The standard InChI is InChI=1S/C31H30O8/c1-4-38-30-17-20(8-13-27(30)35)6-11-24(32)23(16-22-10-15-26(34)29(19-22)37-3)25(33)12-7-21-9-14-28(36)31(18-21)39-5-2/h6-19,34-36H,4-5H2,1-3H3/b11-6+,12-7+. The van der Waals surface area contributed by atoms with Gasteiger partial charge in [0.2, 0.25) is 0 Å². The third-order valence-electron chi connectivity index (χ3n) is 5.47. The summed E-state index contributed by atoms with van der Waals surface area (Å²) in [5.41, 5.74) is 1.51. The molecule has 3 aromatic carbocycles. The van der Waals surface area contributed by atoms with Gasteiger partial charge in [-0.1, -0.05) is 30.4 Å². The van der Waals surface area contributed by atoms with Gasteiger partial charge in [0.15, 0.2) is 46.1 Å². The molecule has 0 amide bonds. The highest BCUT2D eigenvalue weighted by atomic mass is 16.5. The van der Waals surface area contributed by atoms with Crippen molar-refractivity contribution in [1.82, 2.24) is 0 Å². The molecule has 0 aromatic heterocycles. The van der Waals surface area contributed by atoms with Gasteiger partial charge in [-0.05, 0) is 85.2 Å². The van der Waals surface area contributed by atoms with Gasteiger partial charge >= 0.3 is 0 Å². The quantitative estimate of drug-likeness (QED) is 0.158. The molecule has 0 bridgehead atoms. The molecule has 202 valence electrons. The van der Waals surface area contributed by atoms with E-state index in [4.69, 9.17) is 14.2 Å². The monoisotopic (exact) mass is 530 g/mol. The first-order chi connectivity index (χ1) is 18.7. The second-order valence-electron chi connectivity index (χ2n) is 8.20. The van der Waals surface area contributed by atoms with E-state index in [2.05, 4.69) is 0 Å². The van der Waals surface area contributed by atoms with Crippen LogP contribution in [0.3, 0.4) is 0 Å². The number of hydrogen-bond donors (Lipinski definition) is 3. The normalized spacial score (nSPS) is 10.9. The first-order valence-corrected chi connectivity index (χ1v) is 12.2. The minimum atomic E-state index is -0.566. The molecule has 3 aromatic rings. The molecular formula is C31H30O8. The first-order valence-electron chi connectivity index (χ1n) is 12.2. The largest absolute Gasteiger partial charge is 0.504 e. The summed E-state index contributed by atoms with van der Waals surface area (Å²) < 4.78 is 15.9. The Labute approximate surface area is 226 Å². The Morgan fingerprint density at radius 3 is 1.51 bits per heavy atom. The van der Waals surface area contributed by atoms with Crippen LogP contribution in [-0.4, -0.2) is 47.2 Å². The number of aromatic hydroxyl groups is 3. The van der Waals surface area contributed by atoms with Crippen molar-refractivity contribution >= 4 is 29.8 Å². The fraction of sp³-hybridized carbons (Fsp3) is 0.161. The molecule has 0 aliphatic rings. The van der Waals surface area contributed by atoms with Gasteiger partial charge in [0.1, 0.15) is 0 Å². The lowest BCUT2D eigenvalue weighted by atomic mass is 10.0. The van der Waals surface area contributed by atoms with Crippen LogP contribution in [0.4, 0.5) is 0 Å². The van der Waals surface area contributed by atoms with Crippen molar-refractivity contribution in [3.8, 4) is 34.5 Å². The molecule has 0 atom stereocenters. The van der Waals surface area contributed by atoms with E-state index in [0.717, 1.165) is 0 Å². The maximum Gasteiger partial charge on any atom is 0.189 e. The molecule has 3 rings (SSSR count). The molecule has 0 saturated carbocycles. The second-order valence-corrected chi connectivity index (χ2v) is 8.20. The second kappa shape index (κ2) is 13.5. The molecule has 0 aliphatic heterocycles. The SMILES string of the molecule is CCOc1cc(/C=C/C(=O)C(=Cc2ccc(O)c(OC)c2)C(=O)/C=C/c2ccc(O)c(OCC)c2)ccc1O. The Bertz CT molecular complexity index is 1350. The van der Waals surface area contributed by atoms with E-state index in [9.17, 15) is 24.9 Å². The lowest BCUT2D eigenvalue weighted by Crippen LogP contribution is -2.08. The minimum absolute atomic E-state index is 0.0239. The molecule has 8 heteroatoms. The van der Waals surface area contributed by atoms with Crippen molar-refractivity contribution in [2.75, 3.05) is 20.3 Å². The van der Waals surface area contributed by atoms with E-state index in [1.165, 1.54) is 61.8 Å². The fourth-order valence-corrected chi connectivity index (χ4v) is 3.55. The Morgan fingerprint density at radius 2 is 1.08 bits per heavy atom. The van der Waals surface area contributed by atoms with Gasteiger partial charge < -0.3 is 29.5 Å². The molecule has 0 fully saturated rings. The third kappa shape index (κ3) is 7.75. The van der Waals surface area contributed by atoms with Crippen molar-refractivity contribution in [3.63, 3.8) is 0 Å². The van der Waals surface area contributed by atoms with E-state index >= 15 is 0 Å². The van der Waals surface area contributed by atoms with Crippen molar-refractivity contribution in [2.45, 2.75) is 13.8 Å². The number of phenols is 3. The number of benzene rings is 3. The number of rotatable bonds is 12. The summed E-state index contributed by atoms with van der Waals surface area (Å²) in [5.74, 6) is -0.519. The van der Waals surface area contributed by atoms with E-state index in [-0.39, 0.29) is 40.1 Å². The number of carbonyl (C=O) groups is 2. The smallest absolute Gasteiger partial charge is 0.189 e. The van der Waals surface area contributed by atoms with Crippen LogP contribution in [0.1, 0.15) is 30.5 Å².